The van der Waals surface area contributed by atoms with Gasteiger partial charge in [-0.25, -0.2) is 0 Å². The number of carbonyl (C=O) groups is 2. The molecule has 0 spiro atoms. The zero-order valence-electron chi connectivity index (χ0n) is 16.9. The van der Waals surface area contributed by atoms with E-state index in [2.05, 4.69) is 10.1 Å². The van der Waals surface area contributed by atoms with Gasteiger partial charge in [-0.15, -0.1) is 0 Å². The van der Waals surface area contributed by atoms with Crippen LogP contribution in [-0.4, -0.2) is 45.6 Å². The molecule has 1 aliphatic rings. The maximum absolute atomic E-state index is 12.8. The average Bonchev–Trinajstić information content (AvgIpc) is 3.09. The van der Waals surface area contributed by atoms with E-state index in [4.69, 9.17) is 9.26 Å². The predicted octanol–water partition coefficient (Wildman–Crippen LogP) is 3.17. The standard InChI is InChI=1S/C21H27N3O4/c1-14-8-5-6-10-17(14)19-22-18(28-23-19)12-16-9-7-11-24(13-16)20(26)21(3,4)27-15(2)25/h5-6,8,10,16H,7,9,11-13H2,1-4H3/t16-/m0/s1. The first-order chi connectivity index (χ1) is 13.3. The first-order valence-corrected chi connectivity index (χ1v) is 9.64. The molecular weight excluding hydrogens is 358 g/mol. The number of nitrogens with zero attached hydrogens (tertiary/aromatic N) is 3. The van der Waals surface area contributed by atoms with E-state index < -0.39 is 11.6 Å². The highest BCUT2D eigenvalue weighted by Crippen LogP contribution is 2.25. The van der Waals surface area contributed by atoms with Gasteiger partial charge < -0.3 is 14.2 Å². The van der Waals surface area contributed by atoms with Crippen LogP contribution >= 0.6 is 0 Å². The molecule has 150 valence electrons. The van der Waals surface area contributed by atoms with Gasteiger partial charge in [0, 0.05) is 32.0 Å². The second-order valence-electron chi connectivity index (χ2n) is 7.89. The van der Waals surface area contributed by atoms with Gasteiger partial charge in [0.2, 0.25) is 11.7 Å². The van der Waals surface area contributed by atoms with Crippen LogP contribution in [0.25, 0.3) is 11.4 Å². The molecule has 2 aromatic rings. The Balaban J connectivity index is 1.65. The van der Waals surface area contributed by atoms with Gasteiger partial charge in [-0.1, -0.05) is 29.4 Å². The molecular formula is C21H27N3O4. The summed E-state index contributed by atoms with van der Waals surface area (Å²) in [6, 6.07) is 7.92. The number of hydrogen-bond acceptors (Lipinski definition) is 6. The van der Waals surface area contributed by atoms with Gasteiger partial charge in [-0.05, 0) is 45.1 Å². The minimum atomic E-state index is -1.16. The summed E-state index contributed by atoms with van der Waals surface area (Å²) in [5.41, 5.74) is 0.897. The van der Waals surface area contributed by atoms with Crippen molar-refractivity contribution in [3.8, 4) is 11.4 Å². The molecule has 0 bridgehead atoms. The molecule has 1 aromatic carbocycles. The molecule has 3 rings (SSSR count). The van der Waals surface area contributed by atoms with Gasteiger partial charge >= 0.3 is 5.97 Å². The third-order valence-electron chi connectivity index (χ3n) is 5.04. The van der Waals surface area contributed by atoms with Crippen molar-refractivity contribution in [2.45, 2.75) is 52.6 Å². The van der Waals surface area contributed by atoms with Gasteiger partial charge in [-0.2, -0.15) is 4.98 Å². The monoisotopic (exact) mass is 385 g/mol. The summed E-state index contributed by atoms with van der Waals surface area (Å²) in [6.45, 7) is 7.85. The van der Waals surface area contributed by atoms with Gasteiger partial charge in [-0.3, -0.25) is 9.59 Å². The number of rotatable bonds is 5. The van der Waals surface area contributed by atoms with Crippen LogP contribution in [0, 0.1) is 12.8 Å². The number of ether oxygens (including phenoxy) is 1. The number of aryl methyl sites for hydroxylation is 1. The topological polar surface area (TPSA) is 85.5 Å². The van der Waals surface area contributed by atoms with E-state index >= 15 is 0 Å². The number of likely N-dealkylation sites (tertiary alicyclic amines) is 1. The first-order valence-electron chi connectivity index (χ1n) is 9.64. The fraction of sp³-hybridized carbons (Fsp3) is 0.524. The number of benzene rings is 1. The third kappa shape index (κ3) is 4.58. The van der Waals surface area contributed by atoms with E-state index in [1.807, 2.05) is 31.2 Å². The molecule has 28 heavy (non-hydrogen) atoms. The first kappa shape index (κ1) is 20.0. The van der Waals surface area contributed by atoms with E-state index in [9.17, 15) is 9.59 Å². The van der Waals surface area contributed by atoms with Crippen molar-refractivity contribution in [2.75, 3.05) is 13.1 Å². The summed E-state index contributed by atoms with van der Waals surface area (Å²) < 4.78 is 10.7. The van der Waals surface area contributed by atoms with Crippen molar-refractivity contribution in [2.24, 2.45) is 5.92 Å². The number of carbonyl (C=O) groups excluding carboxylic acids is 2. The Bertz CT molecular complexity index is 859. The molecule has 0 unspecified atom stereocenters. The highest BCUT2D eigenvalue weighted by atomic mass is 16.6. The molecule has 0 aliphatic carbocycles. The molecule has 2 heterocycles. The fourth-order valence-corrected chi connectivity index (χ4v) is 3.72. The second kappa shape index (κ2) is 8.12. The molecule has 1 atom stereocenters. The molecule has 1 saturated heterocycles. The number of piperidine rings is 1. The lowest BCUT2D eigenvalue weighted by Crippen LogP contribution is -2.51. The molecule has 7 nitrogen and oxygen atoms in total. The minimum Gasteiger partial charge on any atom is -0.450 e. The second-order valence-corrected chi connectivity index (χ2v) is 7.89. The van der Waals surface area contributed by atoms with Crippen molar-refractivity contribution in [3.63, 3.8) is 0 Å². The maximum atomic E-state index is 12.8. The minimum absolute atomic E-state index is 0.168. The highest BCUT2D eigenvalue weighted by Gasteiger charge is 2.37. The zero-order chi connectivity index (χ0) is 20.3. The van der Waals surface area contributed by atoms with Gasteiger partial charge in [0.1, 0.15) is 0 Å². The van der Waals surface area contributed by atoms with Crippen LogP contribution in [0.1, 0.15) is 45.1 Å². The summed E-state index contributed by atoms with van der Waals surface area (Å²) in [5.74, 6) is 0.778. The summed E-state index contributed by atoms with van der Waals surface area (Å²) in [7, 11) is 0. The van der Waals surface area contributed by atoms with Crippen molar-refractivity contribution in [3.05, 3.63) is 35.7 Å². The SMILES string of the molecule is CC(=O)OC(C)(C)C(=O)N1CCC[C@@H](Cc2nc(-c3ccccc3C)no2)C1. The Morgan fingerprint density at radius 3 is 2.79 bits per heavy atom. The van der Waals surface area contributed by atoms with E-state index in [1.54, 1.807) is 18.7 Å². The zero-order valence-corrected chi connectivity index (χ0v) is 16.9. The predicted molar refractivity (Wildman–Crippen MR) is 103 cm³/mol. The van der Waals surface area contributed by atoms with Crippen molar-refractivity contribution < 1.29 is 18.8 Å². The van der Waals surface area contributed by atoms with E-state index in [0.717, 1.165) is 24.0 Å². The third-order valence-corrected chi connectivity index (χ3v) is 5.04. The summed E-state index contributed by atoms with van der Waals surface area (Å²) in [5, 5.41) is 4.11. The normalized spacial score (nSPS) is 17.4. The Kier molecular flexibility index (Phi) is 5.82. The number of aromatic nitrogens is 2. The fourth-order valence-electron chi connectivity index (χ4n) is 3.72. The van der Waals surface area contributed by atoms with Crippen LogP contribution in [0.5, 0.6) is 0 Å². The van der Waals surface area contributed by atoms with Crippen molar-refractivity contribution in [1.29, 1.82) is 0 Å². The Hall–Kier alpha value is -2.70. The Morgan fingerprint density at radius 1 is 1.32 bits per heavy atom. The molecule has 0 saturated carbocycles. The smallest absolute Gasteiger partial charge is 0.303 e. The van der Waals surface area contributed by atoms with Crippen molar-refractivity contribution >= 4 is 11.9 Å². The molecule has 7 heteroatoms. The molecule has 1 fully saturated rings. The lowest BCUT2D eigenvalue weighted by Gasteiger charge is -2.36. The summed E-state index contributed by atoms with van der Waals surface area (Å²) in [6.07, 6.45) is 2.50. The van der Waals surface area contributed by atoms with Crippen LogP contribution in [0.4, 0.5) is 0 Å². The van der Waals surface area contributed by atoms with Gasteiger partial charge in [0.25, 0.3) is 5.91 Å². The molecule has 1 aromatic heterocycles. The largest absolute Gasteiger partial charge is 0.450 e. The Morgan fingerprint density at radius 2 is 2.07 bits per heavy atom. The van der Waals surface area contributed by atoms with Gasteiger partial charge in [0.15, 0.2) is 5.60 Å². The lowest BCUT2D eigenvalue weighted by molar-refractivity contribution is -0.169. The molecule has 1 aliphatic heterocycles. The number of esters is 1. The Labute approximate surface area is 165 Å². The number of amides is 1. The van der Waals surface area contributed by atoms with E-state index in [-0.39, 0.29) is 11.8 Å². The van der Waals surface area contributed by atoms with Crippen LogP contribution in [0.3, 0.4) is 0 Å². The van der Waals surface area contributed by atoms with Crippen LogP contribution in [0.2, 0.25) is 0 Å². The highest BCUT2D eigenvalue weighted by molar-refractivity contribution is 5.86. The quantitative estimate of drug-likeness (QED) is 0.735. The molecule has 0 N–H and O–H groups in total. The van der Waals surface area contributed by atoms with Crippen molar-refractivity contribution in [1.82, 2.24) is 15.0 Å². The van der Waals surface area contributed by atoms with Crippen LogP contribution in [-0.2, 0) is 20.7 Å². The van der Waals surface area contributed by atoms with E-state index in [1.165, 1.54) is 6.92 Å². The summed E-state index contributed by atoms with van der Waals surface area (Å²) >= 11 is 0. The molecule has 0 radical (unpaired) electrons. The number of hydrogen-bond donors (Lipinski definition) is 0. The summed E-state index contributed by atoms with van der Waals surface area (Å²) in [4.78, 5) is 30.4. The van der Waals surface area contributed by atoms with Crippen LogP contribution in [0.15, 0.2) is 28.8 Å². The van der Waals surface area contributed by atoms with E-state index in [0.29, 0.717) is 31.2 Å². The average molecular weight is 385 g/mol. The molecule has 1 amide bonds. The van der Waals surface area contributed by atoms with Gasteiger partial charge in [0.05, 0.1) is 0 Å². The van der Waals surface area contributed by atoms with Crippen LogP contribution < -0.4 is 0 Å². The lowest BCUT2D eigenvalue weighted by atomic mass is 9.93. The maximum Gasteiger partial charge on any atom is 0.303 e.